The van der Waals surface area contributed by atoms with E-state index in [9.17, 15) is 13.2 Å². The summed E-state index contributed by atoms with van der Waals surface area (Å²) in [6, 6.07) is 18.1. The maximum Gasteiger partial charge on any atom is 0.416 e. The summed E-state index contributed by atoms with van der Waals surface area (Å²) in [6.07, 6.45) is -4.39. The Hall–Kier alpha value is -4.01. The first-order chi connectivity index (χ1) is 15.4. The third kappa shape index (κ3) is 3.62. The predicted molar refractivity (Wildman–Crippen MR) is 113 cm³/mol. The average molecular weight is 438 g/mol. The fraction of sp³-hybridized carbons (Fsp3) is 0.130. The Morgan fingerprint density at radius 2 is 1.69 bits per heavy atom. The maximum atomic E-state index is 12.8. The van der Waals surface area contributed by atoms with Gasteiger partial charge in [0.1, 0.15) is 0 Å². The Morgan fingerprint density at radius 1 is 0.938 bits per heavy atom. The molecule has 0 unspecified atom stereocenters. The Morgan fingerprint density at radius 3 is 2.47 bits per heavy atom. The molecule has 2 heterocycles. The van der Waals surface area contributed by atoms with Gasteiger partial charge in [0.05, 0.1) is 11.3 Å². The van der Waals surface area contributed by atoms with Gasteiger partial charge in [-0.25, -0.2) is 4.98 Å². The molecule has 0 aliphatic carbocycles. The molecule has 0 saturated heterocycles. The first kappa shape index (κ1) is 19.9. The number of fused-ring (bicyclic) bond motifs is 1. The van der Waals surface area contributed by atoms with Gasteiger partial charge in [0.2, 0.25) is 6.79 Å². The van der Waals surface area contributed by atoms with Crippen molar-refractivity contribution < 1.29 is 22.6 Å². The molecule has 0 bridgehead atoms. The van der Waals surface area contributed by atoms with E-state index in [0.717, 1.165) is 29.1 Å². The predicted octanol–water partition coefficient (Wildman–Crippen LogP) is 5.65. The molecule has 3 aromatic carbocycles. The van der Waals surface area contributed by atoms with Gasteiger partial charge in [0.25, 0.3) is 0 Å². The number of H-pyrrole nitrogens is 1. The van der Waals surface area contributed by atoms with E-state index >= 15 is 0 Å². The Balaban J connectivity index is 1.46. The van der Waals surface area contributed by atoms with E-state index < -0.39 is 11.7 Å². The minimum Gasteiger partial charge on any atom is -0.454 e. The fourth-order valence-corrected chi connectivity index (χ4v) is 3.52. The number of aromatic amines is 1. The molecular formula is C23H17F3N4O2. The van der Waals surface area contributed by atoms with Gasteiger partial charge < -0.3 is 14.4 Å². The molecule has 162 valence electrons. The van der Waals surface area contributed by atoms with Crippen LogP contribution in [0.25, 0.3) is 22.8 Å². The van der Waals surface area contributed by atoms with Crippen LogP contribution < -0.4 is 14.4 Å². The number of anilines is 2. The molecule has 5 rings (SSSR count). The number of rotatable bonds is 4. The van der Waals surface area contributed by atoms with Crippen LogP contribution in [-0.2, 0) is 6.18 Å². The molecule has 9 heteroatoms. The summed E-state index contributed by atoms with van der Waals surface area (Å²) in [5.41, 5.74) is 2.32. The van der Waals surface area contributed by atoms with E-state index in [1.165, 1.54) is 12.1 Å². The van der Waals surface area contributed by atoms with Crippen LogP contribution in [0.1, 0.15) is 5.56 Å². The lowest BCUT2D eigenvalue weighted by Gasteiger charge is -2.22. The molecule has 32 heavy (non-hydrogen) atoms. The number of halogens is 3. The maximum absolute atomic E-state index is 12.8. The van der Waals surface area contributed by atoms with Crippen molar-refractivity contribution in [2.24, 2.45) is 0 Å². The minimum atomic E-state index is -4.39. The van der Waals surface area contributed by atoms with E-state index in [2.05, 4.69) is 15.2 Å². The Bertz CT molecular complexity index is 1270. The first-order valence-electron chi connectivity index (χ1n) is 9.73. The zero-order valence-electron chi connectivity index (χ0n) is 16.8. The Labute approximate surface area is 181 Å². The van der Waals surface area contributed by atoms with Crippen LogP contribution in [0.2, 0.25) is 0 Å². The molecule has 1 aliphatic rings. The summed E-state index contributed by atoms with van der Waals surface area (Å²) in [5.74, 6) is 2.19. The molecule has 4 aromatic rings. The highest BCUT2D eigenvalue weighted by Crippen LogP contribution is 2.39. The number of nitrogens with one attached hydrogen (secondary N) is 1. The summed E-state index contributed by atoms with van der Waals surface area (Å²) in [4.78, 5) is 6.50. The third-order valence-electron chi connectivity index (χ3n) is 5.22. The van der Waals surface area contributed by atoms with Crippen LogP contribution in [-0.4, -0.2) is 29.0 Å². The van der Waals surface area contributed by atoms with Crippen molar-refractivity contribution in [1.82, 2.24) is 15.2 Å². The molecule has 1 aliphatic heterocycles. The number of nitrogens with zero attached hydrogens (tertiary/aromatic N) is 3. The summed E-state index contributed by atoms with van der Waals surface area (Å²) >= 11 is 0. The van der Waals surface area contributed by atoms with Crippen LogP contribution in [0.5, 0.6) is 11.5 Å². The van der Waals surface area contributed by atoms with E-state index in [0.29, 0.717) is 28.7 Å². The summed E-state index contributed by atoms with van der Waals surface area (Å²) in [5, 5.41) is 7.10. The topological polar surface area (TPSA) is 63.3 Å². The summed E-state index contributed by atoms with van der Waals surface area (Å²) < 4.78 is 49.3. The lowest BCUT2D eigenvalue weighted by atomic mass is 10.1. The number of alkyl halides is 3. The molecule has 0 radical (unpaired) electrons. The summed E-state index contributed by atoms with van der Waals surface area (Å²) in [7, 11) is 1.92. The smallest absolute Gasteiger partial charge is 0.416 e. The van der Waals surface area contributed by atoms with Gasteiger partial charge in [0, 0.05) is 29.9 Å². The monoisotopic (exact) mass is 438 g/mol. The quantitative estimate of drug-likeness (QED) is 0.446. The minimum absolute atomic E-state index is 0.198. The van der Waals surface area contributed by atoms with Crippen LogP contribution >= 0.6 is 0 Å². The number of hydrogen-bond acceptors (Lipinski definition) is 5. The van der Waals surface area contributed by atoms with Crippen molar-refractivity contribution in [2.75, 3.05) is 18.7 Å². The second-order valence-corrected chi connectivity index (χ2v) is 7.20. The largest absolute Gasteiger partial charge is 0.454 e. The van der Waals surface area contributed by atoms with Gasteiger partial charge in [-0.05, 0) is 36.4 Å². The second-order valence-electron chi connectivity index (χ2n) is 7.20. The molecule has 0 saturated carbocycles. The normalized spacial score (nSPS) is 12.8. The zero-order valence-corrected chi connectivity index (χ0v) is 16.8. The van der Waals surface area contributed by atoms with E-state index in [1.807, 2.05) is 54.4 Å². The van der Waals surface area contributed by atoms with Crippen LogP contribution in [0.15, 0.2) is 66.7 Å². The molecule has 0 amide bonds. The summed E-state index contributed by atoms with van der Waals surface area (Å²) in [6.45, 7) is 0.198. The SMILES string of the molecule is CN(c1ccc2c(c1)OCO2)c1ccccc1-c1nc(-c2ccc(C(F)(F)F)cc2)n[nH]1. The van der Waals surface area contributed by atoms with Gasteiger partial charge in [-0.3, -0.25) is 5.10 Å². The van der Waals surface area contributed by atoms with Crippen LogP contribution in [0.4, 0.5) is 24.5 Å². The highest BCUT2D eigenvalue weighted by Gasteiger charge is 2.30. The van der Waals surface area contributed by atoms with E-state index in [1.54, 1.807) is 0 Å². The standard InChI is InChI=1S/C23H17F3N4O2/c1-30(16-10-11-19-20(12-16)32-13-31-19)18-5-3-2-4-17(18)22-27-21(28-29-22)14-6-8-15(9-7-14)23(24,25)26/h2-12H,13H2,1H3,(H,27,28,29). The molecule has 1 N–H and O–H groups in total. The van der Waals surface area contributed by atoms with Crippen molar-refractivity contribution in [3.05, 3.63) is 72.3 Å². The second kappa shape index (κ2) is 7.60. The lowest BCUT2D eigenvalue weighted by molar-refractivity contribution is -0.137. The first-order valence-corrected chi connectivity index (χ1v) is 9.73. The van der Waals surface area contributed by atoms with E-state index in [-0.39, 0.29) is 6.79 Å². The van der Waals surface area contributed by atoms with Crippen LogP contribution in [0.3, 0.4) is 0 Å². The number of aromatic nitrogens is 3. The van der Waals surface area contributed by atoms with Crippen molar-refractivity contribution in [3.8, 4) is 34.3 Å². The van der Waals surface area contributed by atoms with Crippen molar-refractivity contribution in [1.29, 1.82) is 0 Å². The molecule has 6 nitrogen and oxygen atoms in total. The highest BCUT2D eigenvalue weighted by atomic mass is 19.4. The molecule has 0 spiro atoms. The van der Waals surface area contributed by atoms with Crippen molar-refractivity contribution in [3.63, 3.8) is 0 Å². The Kier molecular flexibility index (Phi) is 4.73. The fourth-order valence-electron chi connectivity index (χ4n) is 3.52. The number of para-hydroxylation sites is 1. The number of ether oxygens (including phenoxy) is 2. The van der Waals surface area contributed by atoms with Gasteiger partial charge >= 0.3 is 6.18 Å². The van der Waals surface area contributed by atoms with Gasteiger partial charge in [0.15, 0.2) is 23.1 Å². The molecule has 0 fully saturated rings. The third-order valence-corrected chi connectivity index (χ3v) is 5.22. The highest BCUT2D eigenvalue weighted by molar-refractivity contribution is 5.80. The number of hydrogen-bond donors (Lipinski definition) is 1. The molecular weight excluding hydrogens is 421 g/mol. The van der Waals surface area contributed by atoms with E-state index in [4.69, 9.17) is 9.47 Å². The van der Waals surface area contributed by atoms with Crippen molar-refractivity contribution in [2.45, 2.75) is 6.18 Å². The average Bonchev–Trinajstić information content (AvgIpc) is 3.47. The van der Waals surface area contributed by atoms with Gasteiger partial charge in [-0.1, -0.05) is 24.3 Å². The molecule has 0 atom stereocenters. The van der Waals surface area contributed by atoms with Gasteiger partial charge in [-0.2, -0.15) is 18.3 Å². The number of benzene rings is 3. The zero-order chi connectivity index (χ0) is 22.3. The van der Waals surface area contributed by atoms with Crippen molar-refractivity contribution >= 4 is 11.4 Å². The van der Waals surface area contributed by atoms with Crippen LogP contribution in [0, 0.1) is 0 Å². The molecule has 1 aromatic heterocycles. The van der Waals surface area contributed by atoms with Gasteiger partial charge in [-0.15, -0.1) is 0 Å². The lowest BCUT2D eigenvalue weighted by Crippen LogP contribution is -2.10.